The van der Waals surface area contributed by atoms with Gasteiger partial charge in [-0.3, -0.25) is 15.1 Å². The number of aromatic hydroxyl groups is 1. The number of nitrogens with zero attached hydrogens (tertiary/aromatic N) is 1. The van der Waals surface area contributed by atoms with Gasteiger partial charge in [-0.2, -0.15) is 0 Å². The van der Waals surface area contributed by atoms with E-state index < -0.39 is 12.0 Å². The minimum Gasteiger partial charge on any atom is -0.506 e. The molecule has 7 nitrogen and oxygen atoms in total. The summed E-state index contributed by atoms with van der Waals surface area (Å²) in [5.74, 6) is -0.516. The average Bonchev–Trinajstić information content (AvgIpc) is 2.47. The highest BCUT2D eigenvalue weighted by atomic mass is 16.5. The molecule has 0 unspecified atom stereocenters. The van der Waals surface area contributed by atoms with E-state index in [-0.39, 0.29) is 11.3 Å². The standard InChI is InChI=1S/C14H13N3O4/c1-21-14(20)17-11-4-2-3-10(6-11)16-13(19)9-5-12(18)8-15-7-9/h2-8,18H,1H3,(H,16,19)(H,17,20). The number of pyridine rings is 1. The summed E-state index contributed by atoms with van der Waals surface area (Å²) in [6.07, 6.45) is 1.97. The van der Waals surface area contributed by atoms with Gasteiger partial charge in [0.15, 0.2) is 0 Å². The SMILES string of the molecule is COC(=O)Nc1cccc(NC(=O)c2cncc(O)c2)c1. The smallest absolute Gasteiger partial charge is 0.411 e. The lowest BCUT2D eigenvalue weighted by Crippen LogP contribution is -2.13. The fourth-order valence-electron chi connectivity index (χ4n) is 1.60. The van der Waals surface area contributed by atoms with Crippen LogP contribution in [0.1, 0.15) is 10.4 Å². The molecule has 0 aliphatic carbocycles. The van der Waals surface area contributed by atoms with Gasteiger partial charge in [0, 0.05) is 17.6 Å². The molecule has 0 spiro atoms. The van der Waals surface area contributed by atoms with Gasteiger partial charge in [-0.1, -0.05) is 6.07 Å². The Bertz CT molecular complexity index is 673. The molecule has 21 heavy (non-hydrogen) atoms. The van der Waals surface area contributed by atoms with Crippen LogP contribution in [-0.4, -0.2) is 29.2 Å². The van der Waals surface area contributed by atoms with Crippen molar-refractivity contribution in [2.75, 3.05) is 17.7 Å². The number of anilines is 2. The molecule has 3 N–H and O–H groups in total. The Labute approximate surface area is 120 Å². The van der Waals surface area contributed by atoms with Gasteiger partial charge >= 0.3 is 6.09 Å². The molecule has 1 aromatic carbocycles. The number of aromatic nitrogens is 1. The molecule has 0 fully saturated rings. The van der Waals surface area contributed by atoms with Crippen molar-refractivity contribution in [1.29, 1.82) is 0 Å². The first-order valence-corrected chi connectivity index (χ1v) is 5.99. The molecular formula is C14H13N3O4. The maximum atomic E-state index is 12.0. The van der Waals surface area contributed by atoms with Crippen molar-refractivity contribution in [1.82, 2.24) is 4.98 Å². The summed E-state index contributed by atoms with van der Waals surface area (Å²) in [5, 5.41) is 14.4. The zero-order chi connectivity index (χ0) is 15.2. The van der Waals surface area contributed by atoms with Gasteiger partial charge in [0.1, 0.15) is 5.75 Å². The first kappa shape index (κ1) is 14.3. The van der Waals surface area contributed by atoms with Crippen LogP contribution in [0, 0.1) is 0 Å². The van der Waals surface area contributed by atoms with Gasteiger partial charge < -0.3 is 15.2 Å². The van der Waals surface area contributed by atoms with E-state index in [0.29, 0.717) is 11.4 Å². The second-order valence-electron chi connectivity index (χ2n) is 4.08. The molecule has 0 bridgehead atoms. The van der Waals surface area contributed by atoms with Crippen molar-refractivity contribution in [2.24, 2.45) is 0 Å². The van der Waals surface area contributed by atoms with Crippen LogP contribution in [0.4, 0.5) is 16.2 Å². The molecule has 1 aromatic heterocycles. The number of carbonyl (C=O) groups is 2. The Kier molecular flexibility index (Phi) is 4.35. The lowest BCUT2D eigenvalue weighted by atomic mass is 10.2. The average molecular weight is 287 g/mol. The van der Waals surface area contributed by atoms with E-state index in [9.17, 15) is 14.7 Å². The Balaban J connectivity index is 2.11. The Morgan fingerprint density at radius 2 is 1.86 bits per heavy atom. The predicted molar refractivity (Wildman–Crippen MR) is 76.3 cm³/mol. The molecule has 2 aromatic rings. The number of rotatable bonds is 3. The molecule has 0 saturated carbocycles. The summed E-state index contributed by atoms with van der Waals surface area (Å²) in [4.78, 5) is 26.8. The minimum absolute atomic E-state index is 0.0937. The van der Waals surface area contributed by atoms with Crippen LogP contribution in [0.2, 0.25) is 0 Å². The van der Waals surface area contributed by atoms with Gasteiger partial charge in [-0.05, 0) is 24.3 Å². The fourth-order valence-corrected chi connectivity index (χ4v) is 1.60. The Morgan fingerprint density at radius 3 is 2.52 bits per heavy atom. The topological polar surface area (TPSA) is 101 Å². The van der Waals surface area contributed by atoms with E-state index in [1.54, 1.807) is 24.3 Å². The molecule has 1 heterocycles. The van der Waals surface area contributed by atoms with Gasteiger partial charge in [0.2, 0.25) is 0 Å². The molecule has 0 aliphatic heterocycles. The summed E-state index contributed by atoms with van der Waals surface area (Å²) in [7, 11) is 1.26. The Morgan fingerprint density at radius 1 is 1.14 bits per heavy atom. The van der Waals surface area contributed by atoms with Gasteiger partial charge in [-0.15, -0.1) is 0 Å². The van der Waals surface area contributed by atoms with Crippen molar-refractivity contribution >= 4 is 23.4 Å². The van der Waals surface area contributed by atoms with E-state index >= 15 is 0 Å². The zero-order valence-electron chi connectivity index (χ0n) is 11.2. The van der Waals surface area contributed by atoms with Gasteiger partial charge in [-0.25, -0.2) is 4.79 Å². The number of carbonyl (C=O) groups excluding carboxylic acids is 2. The lowest BCUT2D eigenvalue weighted by molar-refractivity contribution is 0.102. The molecule has 0 radical (unpaired) electrons. The van der Waals surface area contributed by atoms with Crippen LogP contribution in [0.25, 0.3) is 0 Å². The predicted octanol–water partition coefficient (Wildman–Crippen LogP) is 2.22. The Hall–Kier alpha value is -3.09. The number of nitrogens with one attached hydrogen (secondary N) is 2. The third-order valence-corrected chi connectivity index (χ3v) is 2.54. The van der Waals surface area contributed by atoms with Crippen LogP contribution in [-0.2, 0) is 4.74 Å². The quantitative estimate of drug-likeness (QED) is 0.803. The van der Waals surface area contributed by atoms with Crippen LogP contribution in [0.3, 0.4) is 0 Å². The molecule has 2 rings (SSSR count). The molecule has 108 valence electrons. The van der Waals surface area contributed by atoms with Crippen molar-refractivity contribution in [3.8, 4) is 5.75 Å². The number of hydrogen-bond acceptors (Lipinski definition) is 5. The lowest BCUT2D eigenvalue weighted by Gasteiger charge is -2.08. The van der Waals surface area contributed by atoms with Crippen LogP contribution < -0.4 is 10.6 Å². The molecule has 7 heteroatoms. The summed E-state index contributed by atoms with van der Waals surface area (Å²) in [6, 6.07) is 7.87. The summed E-state index contributed by atoms with van der Waals surface area (Å²) in [5.41, 5.74) is 1.19. The number of ether oxygens (including phenoxy) is 1. The highest BCUT2D eigenvalue weighted by Crippen LogP contribution is 2.17. The van der Waals surface area contributed by atoms with Crippen LogP contribution >= 0.6 is 0 Å². The van der Waals surface area contributed by atoms with Crippen molar-refractivity contribution in [3.63, 3.8) is 0 Å². The van der Waals surface area contributed by atoms with Crippen molar-refractivity contribution in [2.45, 2.75) is 0 Å². The third kappa shape index (κ3) is 3.93. The largest absolute Gasteiger partial charge is 0.506 e. The summed E-state index contributed by atoms with van der Waals surface area (Å²) >= 11 is 0. The fraction of sp³-hybridized carbons (Fsp3) is 0.0714. The molecule has 0 saturated heterocycles. The molecule has 2 amide bonds. The molecule has 0 atom stereocenters. The van der Waals surface area contributed by atoms with E-state index in [1.165, 1.54) is 25.6 Å². The summed E-state index contributed by atoms with van der Waals surface area (Å²) in [6.45, 7) is 0. The second kappa shape index (κ2) is 6.38. The van der Waals surface area contributed by atoms with Crippen LogP contribution in [0.5, 0.6) is 5.75 Å². The number of hydrogen-bond donors (Lipinski definition) is 3. The minimum atomic E-state index is -0.601. The maximum Gasteiger partial charge on any atom is 0.411 e. The number of amides is 2. The number of benzene rings is 1. The van der Waals surface area contributed by atoms with Gasteiger partial charge in [0.25, 0.3) is 5.91 Å². The van der Waals surface area contributed by atoms with E-state index in [1.807, 2.05) is 0 Å². The van der Waals surface area contributed by atoms with E-state index in [0.717, 1.165) is 0 Å². The van der Waals surface area contributed by atoms with Crippen molar-refractivity contribution in [3.05, 3.63) is 48.3 Å². The first-order valence-electron chi connectivity index (χ1n) is 5.99. The monoisotopic (exact) mass is 287 g/mol. The van der Waals surface area contributed by atoms with E-state index in [4.69, 9.17) is 0 Å². The van der Waals surface area contributed by atoms with Crippen LogP contribution in [0.15, 0.2) is 42.7 Å². The number of methoxy groups -OCH3 is 1. The van der Waals surface area contributed by atoms with Crippen molar-refractivity contribution < 1.29 is 19.4 Å². The first-order chi connectivity index (χ1) is 10.1. The highest BCUT2D eigenvalue weighted by Gasteiger charge is 2.08. The normalized spacial score (nSPS) is 9.76. The molecular weight excluding hydrogens is 274 g/mol. The van der Waals surface area contributed by atoms with E-state index in [2.05, 4.69) is 20.4 Å². The second-order valence-corrected chi connectivity index (χ2v) is 4.08. The van der Waals surface area contributed by atoms with Gasteiger partial charge in [0.05, 0.1) is 18.9 Å². The summed E-state index contributed by atoms with van der Waals surface area (Å²) < 4.78 is 4.48. The maximum absolute atomic E-state index is 12.0. The zero-order valence-corrected chi connectivity index (χ0v) is 11.2. The molecule has 0 aliphatic rings. The third-order valence-electron chi connectivity index (χ3n) is 2.54. The highest BCUT2D eigenvalue weighted by molar-refractivity contribution is 6.04.